The minimum atomic E-state index is -2.94. The number of hydrogen-bond donors (Lipinski definition) is 4. The van der Waals surface area contributed by atoms with Gasteiger partial charge in [-0.3, -0.25) is 19.7 Å². The lowest BCUT2D eigenvalue weighted by Crippen LogP contribution is -2.80. The molecular weight excluding hydrogens is 552 g/mol. The highest BCUT2D eigenvalue weighted by Gasteiger charge is 2.67. The Kier molecular flexibility index (Phi) is 9.16. The number of alkyl carbamates (subject to hydrolysis) is 1. The minimum absolute atomic E-state index is 0.146. The summed E-state index contributed by atoms with van der Waals surface area (Å²) in [5.41, 5.74) is 6.62. The molecule has 0 aromatic heterocycles. The lowest BCUT2D eigenvalue weighted by atomic mass is 9.84. The number of fused-ring (bicyclic) bond motifs is 3. The van der Waals surface area contributed by atoms with Crippen molar-refractivity contribution in [2.24, 2.45) is 5.73 Å². The van der Waals surface area contributed by atoms with Crippen LogP contribution in [0.15, 0.2) is 48.5 Å². The molecule has 2 aliphatic rings. The summed E-state index contributed by atoms with van der Waals surface area (Å²) in [7, 11) is 0. The maximum atomic E-state index is 13.2. The molecular formula is C29H34N2O11. The van der Waals surface area contributed by atoms with Gasteiger partial charge in [0.25, 0.3) is 0 Å². The van der Waals surface area contributed by atoms with Gasteiger partial charge in [-0.2, -0.15) is 0 Å². The predicted octanol–water partition coefficient (Wildman–Crippen LogP) is 1.08. The lowest BCUT2D eigenvalue weighted by Gasteiger charge is -2.53. The number of nitrogens with one attached hydrogen (secondary N) is 1. The fraction of sp³-hybridized carbons (Fsp3) is 0.448. The molecule has 226 valence electrons. The number of nitrogens with two attached hydrogens (primary N) is 1. The second kappa shape index (κ2) is 12.4. The van der Waals surface area contributed by atoms with Crippen LogP contribution in [0.2, 0.25) is 0 Å². The topological polar surface area (TPSA) is 193 Å². The molecule has 42 heavy (non-hydrogen) atoms. The molecule has 5 N–H and O–H groups in total. The van der Waals surface area contributed by atoms with Crippen molar-refractivity contribution in [1.29, 1.82) is 0 Å². The van der Waals surface area contributed by atoms with Crippen LogP contribution in [0.1, 0.15) is 44.2 Å². The number of hydrogen-bond acceptors (Lipinski definition) is 12. The molecule has 1 amide bonds. The van der Waals surface area contributed by atoms with Crippen molar-refractivity contribution in [2.45, 2.75) is 62.9 Å². The van der Waals surface area contributed by atoms with Crippen LogP contribution >= 0.6 is 0 Å². The Morgan fingerprint density at radius 3 is 1.95 bits per heavy atom. The van der Waals surface area contributed by atoms with E-state index >= 15 is 0 Å². The summed E-state index contributed by atoms with van der Waals surface area (Å²) in [5.74, 6) is -5.58. The molecule has 2 aromatic rings. The number of esters is 3. The summed E-state index contributed by atoms with van der Waals surface area (Å²) in [5, 5.41) is 25.6. The van der Waals surface area contributed by atoms with Gasteiger partial charge in [0.05, 0.1) is 0 Å². The van der Waals surface area contributed by atoms with Crippen LogP contribution < -0.4 is 11.1 Å². The van der Waals surface area contributed by atoms with E-state index in [1.54, 1.807) is 0 Å². The second-order valence-corrected chi connectivity index (χ2v) is 10.1. The first-order valence-electron chi connectivity index (χ1n) is 13.3. The van der Waals surface area contributed by atoms with Crippen LogP contribution in [0.4, 0.5) is 4.79 Å². The molecule has 1 saturated heterocycles. The zero-order valence-electron chi connectivity index (χ0n) is 23.4. The zero-order chi connectivity index (χ0) is 30.7. The summed E-state index contributed by atoms with van der Waals surface area (Å²) in [4.78, 5) is 48.9. The van der Waals surface area contributed by atoms with Crippen molar-refractivity contribution in [3.8, 4) is 11.1 Å². The molecule has 0 radical (unpaired) electrons. The Bertz CT molecular complexity index is 1300. The number of benzene rings is 2. The Morgan fingerprint density at radius 1 is 0.857 bits per heavy atom. The number of ether oxygens (including phenoxy) is 5. The summed E-state index contributed by atoms with van der Waals surface area (Å²) in [6, 6.07) is 15.3. The van der Waals surface area contributed by atoms with Crippen LogP contribution in [0.5, 0.6) is 0 Å². The molecule has 4 rings (SSSR count). The summed E-state index contributed by atoms with van der Waals surface area (Å²) < 4.78 is 26.8. The summed E-state index contributed by atoms with van der Waals surface area (Å²) >= 11 is 0. The highest BCUT2D eigenvalue weighted by Crippen LogP contribution is 2.45. The van der Waals surface area contributed by atoms with Crippen molar-refractivity contribution >= 4 is 24.0 Å². The lowest BCUT2D eigenvalue weighted by molar-refractivity contribution is -0.396. The van der Waals surface area contributed by atoms with Crippen LogP contribution in [0.25, 0.3) is 11.1 Å². The number of carbonyl (C=O) groups excluding carboxylic acids is 4. The molecule has 1 fully saturated rings. The van der Waals surface area contributed by atoms with Crippen LogP contribution in [0, 0.1) is 0 Å². The van der Waals surface area contributed by atoms with E-state index in [2.05, 4.69) is 5.32 Å². The standard InChI is InChI=1S/C29H34N2O11/c1-16(32)38-15-24-25(40-17(2)33)26(41-18(3)34)29(37,28(36,42-24)12-13-30)31-27(35)39-14-23-21-10-6-4-8-19(21)20-9-5-7-11-22(20)23/h4-11,23-26,36-37H,12-15,30H2,1-3H3,(H,31,35)/t24-,25+,26+,28-,29+/m1/s1. The summed E-state index contributed by atoms with van der Waals surface area (Å²) in [6.07, 6.45) is -6.69. The zero-order valence-corrected chi connectivity index (χ0v) is 23.4. The maximum Gasteiger partial charge on any atom is 0.409 e. The molecule has 13 heteroatoms. The van der Waals surface area contributed by atoms with E-state index in [4.69, 9.17) is 29.4 Å². The van der Waals surface area contributed by atoms with Crippen molar-refractivity contribution in [1.82, 2.24) is 5.32 Å². The second-order valence-electron chi connectivity index (χ2n) is 10.1. The number of carbonyl (C=O) groups is 4. The maximum absolute atomic E-state index is 13.2. The third kappa shape index (κ3) is 6.09. The molecule has 5 atom stereocenters. The normalized spacial score (nSPS) is 26.4. The van der Waals surface area contributed by atoms with Gasteiger partial charge in [0.15, 0.2) is 12.2 Å². The van der Waals surface area contributed by atoms with Crippen molar-refractivity contribution in [2.75, 3.05) is 19.8 Å². The van der Waals surface area contributed by atoms with E-state index in [0.717, 1.165) is 43.0 Å². The van der Waals surface area contributed by atoms with E-state index < -0.39 is 66.9 Å². The molecule has 2 aromatic carbocycles. The van der Waals surface area contributed by atoms with Gasteiger partial charge in [-0.25, -0.2) is 4.79 Å². The van der Waals surface area contributed by atoms with Gasteiger partial charge in [0.2, 0.25) is 11.5 Å². The van der Waals surface area contributed by atoms with E-state index in [0.29, 0.717) is 0 Å². The molecule has 13 nitrogen and oxygen atoms in total. The molecule has 0 spiro atoms. The monoisotopic (exact) mass is 586 g/mol. The Labute approximate surface area is 241 Å². The molecule has 0 unspecified atom stereocenters. The average Bonchev–Trinajstić information content (AvgIpc) is 3.24. The Morgan fingerprint density at radius 2 is 1.43 bits per heavy atom. The minimum Gasteiger partial charge on any atom is -0.463 e. The smallest absolute Gasteiger partial charge is 0.409 e. The van der Waals surface area contributed by atoms with Crippen LogP contribution in [-0.2, 0) is 38.1 Å². The average molecular weight is 587 g/mol. The van der Waals surface area contributed by atoms with Gasteiger partial charge in [-0.15, -0.1) is 0 Å². The number of rotatable bonds is 9. The fourth-order valence-corrected chi connectivity index (χ4v) is 5.46. The molecule has 1 aliphatic carbocycles. The van der Waals surface area contributed by atoms with Gasteiger partial charge in [0.1, 0.15) is 19.3 Å². The van der Waals surface area contributed by atoms with Crippen molar-refractivity contribution in [3.05, 3.63) is 59.7 Å². The third-order valence-electron chi connectivity index (χ3n) is 7.18. The predicted molar refractivity (Wildman–Crippen MR) is 144 cm³/mol. The highest BCUT2D eigenvalue weighted by molar-refractivity contribution is 5.79. The van der Waals surface area contributed by atoms with Gasteiger partial charge >= 0.3 is 24.0 Å². The first kappa shape index (κ1) is 30.9. The van der Waals surface area contributed by atoms with E-state index in [1.165, 1.54) is 0 Å². The van der Waals surface area contributed by atoms with Gasteiger partial charge in [-0.05, 0) is 28.8 Å². The van der Waals surface area contributed by atoms with E-state index in [-0.39, 0.29) is 19.1 Å². The Balaban J connectivity index is 1.64. The first-order valence-corrected chi connectivity index (χ1v) is 13.3. The SMILES string of the molecule is CC(=O)OC[C@H]1O[C@](O)(CCN)[C@](O)(NC(=O)OCC2c3ccccc3-c3ccccc32)[C@@H](OC(C)=O)[C@H]1OC(C)=O. The highest BCUT2D eigenvalue weighted by atomic mass is 16.7. The van der Waals surface area contributed by atoms with E-state index in [1.807, 2.05) is 48.5 Å². The number of aliphatic hydroxyl groups is 2. The van der Waals surface area contributed by atoms with Crippen molar-refractivity contribution in [3.63, 3.8) is 0 Å². The van der Waals surface area contributed by atoms with Gasteiger partial charge in [0, 0.05) is 33.1 Å². The largest absolute Gasteiger partial charge is 0.463 e. The number of amides is 1. The molecule has 0 bridgehead atoms. The quantitative estimate of drug-likeness (QED) is 0.186. The Hall–Kier alpha value is -4.04. The van der Waals surface area contributed by atoms with Gasteiger partial charge in [-0.1, -0.05) is 48.5 Å². The molecule has 1 heterocycles. The molecule has 0 saturated carbocycles. The van der Waals surface area contributed by atoms with Crippen LogP contribution in [0.3, 0.4) is 0 Å². The molecule has 1 aliphatic heterocycles. The fourth-order valence-electron chi connectivity index (χ4n) is 5.46. The third-order valence-corrected chi connectivity index (χ3v) is 7.18. The van der Waals surface area contributed by atoms with Crippen molar-refractivity contribution < 1.29 is 53.1 Å². The van der Waals surface area contributed by atoms with Gasteiger partial charge < -0.3 is 39.6 Å². The first-order chi connectivity index (χ1) is 19.9. The summed E-state index contributed by atoms with van der Waals surface area (Å²) in [6.45, 7) is 2.21. The van der Waals surface area contributed by atoms with E-state index in [9.17, 15) is 29.4 Å². The van der Waals surface area contributed by atoms with Crippen LogP contribution in [-0.4, -0.2) is 83.8 Å².